The number of rotatable bonds is 5. The van der Waals surface area contributed by atoms with Gasteiger partial charge in [0.25, 0.3) is 0 Å². The van der Waals surface area contributed by atoms with Crippen LogP contribution in [0.15, 0.2) is 0 Å². The molecule has 0 radical (unpaired) electrons. The van der Waals surface area contributed by atoms with Gasteiger partial charge in [0.2, 0.25) is 0 Å². The third-order valence-corrected chi connectivity index (χ3v) is 2.60. The number of carboxylic acid groups (broad SMARTS) is 1. The van der Waals surface area contributed by atoms with Crippen molar-refractivity contribution in [2.45, 2.75) is 32.2 Å². The van der Waals surface area contributed by atoms with Gasteiger partial charge >= 0.3 is 5.97 Å². The summed E-state index contributed by atoms with van der Waals surface area (Å²) in [6, 6.07) is 0.305. The summed E-state index contributed by atoms with van der Waals surface area (Å²) < 4.78 is 5.35. The van der Waals surface area contributed by atoms with Crippen LogP contribution in [0.3, 0.4) is 0 Å². The maximum absolute atomic E-state index is 10.6. The van der Waals surface area contributed by atoms with E-state index < -0.39 is 5.97 Å². The molecule has 1 saturated heterocycles. The fourth-order valence-electron chi connectivity index (χ4n) is 1.88. The van der Waals surface area contributed by atoms with Crippen molar-refractivity contribution in [3.63, 3.8) is 0 Å². The molecule has 1 fully saturated rings. The number of hydrogen-bond donors (Lipinski definition) is 1. The van der Waals surface area contributed by atoms with Crippen LogP contribution in [-0.4, -0.2) is 48.3 Å². The van der Waals surface area contributed by atoms with Crippen molar-refractivity contribution in [3.05, 3.63) is 0 Å². The Balaban J connectivity index is 2.37. The predicted molar refractivity (Wildman–Crippen MR) is 53.3 cm³/mol. The molecule has 1 N–H and O–H groups in total. The number of aliphatic carboxylic acids is 1. The second kappa shape index (κ2) is 5.98. The lowest BCUT2D eigenvalue weighted by Crippen LogP contribution is -2.44. The van der Waals surface area contributed by atoms with E-state index in [9.17, 15) is 4.79 Å². The predicted octanol–water partition coefficient (Wildman–Crippen LogP) is 0.962. The Kier molecular flexibility index (Phi) is 4.90. The van der Waals surface area contributed by atoms with E-state index in [-0.39, 0.29) is 6.54 Å². The van der Waals surface area contributed by atoms with Gasteiger partial charge < -0.3 is 9.84 Å². The molecule has 1 aliphatic rings. The molecule has 0 saturated carbocycles. The van der Waals surface area contributed by atoms with Crippen LogP contribution in [0.5, 0.6) is 0 Å². The minimum atomic E-state index is -0.742. The van der Waals surface area contributed by atoms with Crippen LogP contribution in [0.2, 0.25) is 0 Å². The molecule has 0 amide bonds. The van der Waals surface area contributed by atoms with Crippen LogP contribution in [0, 0.1) is 0 Å². The first kappa shape index (κ1) is 11.5. The zero-order valence-corrected chi connectivity index (χ0v) is 8.74. The third kappa shape index (κ3) is 3.64. The van der Waals surface area contributed by atoms with E-state index in [1.165, 1.54) is 6.42 Å². The van der Waals surface area contributed by atoms with Crippen molar-refractivity contribution >= 4 is 5.97 Å². The fraction of sp³-hybridized carbons (Fsp3) is 0.900. The number of nitrogens with zero attached hydrogens (tertiary/aromatic N) is 1. The summed E-state index contributed by atoms with van der Waals surface area (Å²) in [6.07, 6.45) is 3.36. The van der Waals surface area contributed by atoms with E-state index in [0.717, 1.165) is 19.4 Å². The Labute approximate surface area is 84.8 Å². The van der Waals surface area contributed by atoms with Crippen molar-refractivity contribution in [2.24, 2.45) is 0 Å². The van der Waals surface area contributed by atoms with Gasteiger partial charge in [0.15, 0.2) is 0 Å². The average Bonchev–Trinajstić information content (AvgIpc) is 2.16. The molecule has 82 valence electrons. The van der Waals surface area contributed by atoms with Gasteiger partial charge in [-0.25, -0.2) is 0 Å². The first-order chi connectivity index (χ1) is 6.74. The quantitative estimate of drug-likeness (QED) is 0.720. The fourth-order valence-corrected chi connectivity index (χ4v) is 1.88. The lowest BCUT2D eigenvalue weighted by Gasteiger charge is -2.34. The van der Waals surface area contributed by atoms with Crippen molar-refractivity contribution < 1.29 is 14.6 Å². The maximum Gasteiger partial charge on any atom is 0.317 e. The summed E-state index contributed by atoms with van der Waals surface area (Å²) >= 11 is 0. The van der Waals surface area contributed by atoms with Crippen LogP contribution < -0.4 is 0 Å². The highest BCUT2D eigenvalue weighted by Crippen LogP contribution is 2.16. The second-order valence-corrected chi connectivity index (χ2v) is 3.67. The molecule has 0 spiro atoms. The first-order valence-electron chi connectivity index (χ1n) is 5.27. The average molecular weight is 201 g/mol. The Morgan fingerprint density at radius 2 is 2.36 bits per heavy atom. The molecular weight excluding hydrogens is 182 g/mol. The molecule has 4 nitrogen and oxygen atoms in total. The van der Waals surface area contributed by atoms with E-state index in [4.69, 9.17) is 9.84 Å². The molecule has 4 heteroatoms. The Bertz CT molecular complexity index is 184. The van der Waals surface area contributed by atoms with Crippen LogP contribution in [0.4, 0.5) is 0 Å². The van der Waals surface area contributed by atoms with Gasteiger partial charge in [0.1, 0.15) is 0 Å². The van der Waals surface area contributed by atoms with E-state index in [1.54, 1.807) is 0 Å². The molecule has 0 unspecified atom stereocenters. The lowest BCUT2D eigenvalue weighted by atomic mass is 10.0. The summed E-state index contributed by atoms with van der Waals surface area (Å²) in [4.78, 5) is 12.6. The molecule has 0 bridgehead atoms. The van der Waals surface area contributed by atoms with Crippen molar-refractivity contribution in [1.29, 1.82) is 0 Å². The van der Waals surface area contributed by atoms with E-state index in [0.29, 0.717) is 19.3 Å². The number of likely N-dealkylation sites (tertiary alicyclic amines) is 1. The Morgan fingerprint density at radius 1 is 1.57 bits per heavy atom. The lowest BCUT2D eigenvalue weighted by molar-refractivity contribution is -0.139. The molecule has 0 aliphatic carbocycles. The number of carboxylic acids is 1. The van der Waals surface area contributed by atoms with Gasteiger partial charge in [-0.1, -0.05) is 6.42 Å². The van der Waals surface area contributed by atoms with E-state index in [2.05, 4.69) is 0 Å². The monoisotopic (exact) mass is 201 g/mol. The summed E-state index contributed by atoms with van der Waals surface area (Å²) in [7, 11) is 0. The molecule has 1 atom stereocenters. The molecule has 0 aromatic heterocycles. The highest BCUT2D eigenvalue weighted by Gasteiger charge is 2.23. The molecule has 0 aromatic rings. The van der Waals surface area contributed by atoms with Gasteiger partial charge in [-0.15, -0.1) is 0 Å². The largest absolute Gasteiger partial charge is 0.480 e. The van der Waals surface area contributed by atoms with Gasteiger partial charge in [-0.3, -0.25) is 9.69 Å². The standard InChI is InChI=1S/C10H19NO3/c1-2-14-8-9-5-3-4-6-11(9)7-10(12)13/h9H,2-8H2,1H3,(H,12,13)/t9-/m1/s1. The van der Waals surface area contributed by atoms with E-state index >= 15 is 0 Å². The third-order valence-electron chi connectivity index (χ3n) is 2.60. The normalized spacial score (nSPS) is 23.6. The van der Waals surface area contributed by atoms with Gasteiger partial charge in [0.05, 0.1) is 13.2 Å². The maximum atomic E-state index is 10.6. The first-order valence-corrected chi connectivity index (χ1v) is 5.27. The Hall–Kier alpha value is -0.610. The highest BCUT2D eigenvalue weighted by molar-refractivity contribution is 5.69. The topological polar surface area (TPSA) is 49.8 Å². The number of ether oxygens (including phenoxy) is 1. The van der Waals surface area contributed by atoms with Gasteiger partial charge in [-0.05, 0) is 26.3 Å². The Morgan fingerprint density at radius 3 is 3.00 bits per heavy atom. The number of carbonyl (C=O) groups is 1. The number of piperidine rings is 1. The SMILES string of the molecule is CCOC[C@H]1CCCCN1CC(=O)O. The zero-order chi connectivity index (χ0) is 10.4. The zero-order valence-electron chi connectivity index (χ0n) is 8.74. The van der Waals surface area contributed by atoms with Crippen molar-refractivity contribution in [1.82, 2.24) is 4.90 Å². The number of hydrogen-bond acceptors (Lipinski definition) is 3. The van der Waals surface area contributed by atoms with Crippen LogP contribution >= 0.6 is 0 Å². The summed E-state index contributed by atoms with van der Waals surface area (Å²) in [5.74, 6) is -0.742. The molecule has 1 rings (SSSR count). The minimum absolute atomic E-state index is 0.151. The van der Waals surface area contributed by atoms with Crippen molar-refractivity contribution in [2.75, 3.05) is 26.3 Å². The smallest absolute Gasteiger partial charge is 0.317 e. The van der Waals surface area contributed by atoms with Crippen LogP contribution in [0.25, 0.3) is 0 Å². The summed E-state index contributed by atoms with van der Waals surface area (Å²) in [5.41, 5.74) is 0. The van der Waals surface area contributed by atoms with Crippen LogP contribution in [0.1, 0.15) is 26.2 Å². The van der Waals surface area contributed by atoms with E-state index in [1.807, 2.05) is 11.8 Å². The molecule has 1 heterocycles. The minimum Gasteiger partial charge on any atom is -0.480 e. The van der Waals surface area contributed by atoms with Gasteiger partial charge in [0, 0.05) is 12.6 Å². The van der Waals surface area contributed by atoms with Crippen molar-refractivity contribution in [3.8, 4) is 0 Å². The van der Waals surface area contributed by atoms with Gasteiger partial charge in [-0.2, -0.15) is 0 Å². The van der Waals surface area contributed by atoms with Crippen LogP contribution in [-0.2, 0) is 9.53 Å². The second-order valence-electron chi connectivity index (χ2n) is 3.67. The summed E-state index contributed by atoms with van der Waals surface area (Å²) in [5, 5.41) is 8.73. The summed E-state index contributed by atoms with van der Waals surface area (Å²) in [6.45, 7) is 4.38. The molecule has 14 heavy (non-hydrogen) atoms. The molecule has 1 aliphatic heterocycles. The molecule has 0 aromatic carbocycles. The molecular formula is C10H19NO3. The highest BCUT2D eigenvalue weighted by atomic mass is 16.5.